The summed E-state index contributed by atoms with van der Waals surface area (Å²) in [6.07, 6.45) is 2.90. The summed E-state index contributed by atoms with van der Waals surface area (Å²) in [6, 6.07) is 14.7. The van der Waals surface area contributed by atoms with E-state index in [-0.39, 0.29) is 28.7 Å². The Morgan fingerprint density at radius 1 is 1.07 bits per heavy atom. The molecule has 2 amide bonds. The van der Waals surface area contributed by atoms with Crippen LogP contribution in [-0.4, -0.2) is 36.8 Å². The van der Waals surface area contributed by atoms with E-state index in [0.29, 0.717) is 11.1 Å². The average molecular weight is 443 g/mol. The molecule has 154 valence electrons. The van der Waals surface area contributed by atoms with Crippen molar-refractivity contribution in [2.75, 3.05) is 6.54 Å². The minimum absolute atomic E-state index is 0.0226. The maximum Gasteiger partial charge on any atom is 0.313 e. The molecule has 1 heterocycles. The number of rotatable bonds is 7. The van der Waals surface area contributed by atoms with E-state index in [1.54, 1.807) is 42.5 Å². The molecule has 0 aliphatic carbocycles. The van der Waals surface area contributed by atoms with Gasteiger partial charge in [0.2, 0.25) is 0 Å². The van der Waals surface area contributed by atoms with Crippen LogP contribution in [0.15, 0.2) is 72.8 Å². The summed E-state index contributed by atoms with van der Waals surface area (Å²) >= 11 is 5.00. The third-order valence-corrected chi connectivity index (χ3v) is 5.55. The summed E-state index contributed by atoms with van der Waals surface area (Å²) < 4.78 is 29.6. The van der Waals surface area contributed by atoms with Crippen molar-refractivity contribution in [2.24, 2.45) is 0 Å². The van der Waals surface area contributed by atoms with Gasteiger partial charge >= 0.3 is 10.1 Å². The van der Waals surface area contributed by atoms with Gasteiger partial charge in [0.1, 0.15) is 17.1 Å². The van der Waals surface area contributed by atoms with E-state index in [0.717, 1.165) is 0 Å². The molecular weight excluding hydrogens is 424 g/mol. The molecule has 9 heteroatoms. The van der Waals surface area contributed by atoms with E-state index in [4.69, 9.17) is 16.4 Å². The Morgan fingerprint density at radius 3 is 2.37 bits per heavy atom. The zero-order valence-corrected chi connectivity index (χ0v) is 17.4. The zero-order valence-electron chi connectivity index (χ0n) is 15.8. The highest BCUT2D eigenvalue weighted by molar-refractivity contribution is 7.86. The van der Waals surface area contributed by atoms with E-state index < -0.39 is 21.9 Å². The summed E-state index contributed by atoms with van der Waals surface area (Å²) in [5, 5.41) is 2.48. The van der Waals surface area contributed by atoms with Crippen LogP contribution in [0.25, 0.3) is 6.08 Å². The van der Waals surface area contributed by atoms with Gasteiger partial charge in [-0.1, -0.05) is 48.5 Å². The van der Waals surface area contributed by atoms with Crippen molar-refractivity contribution < 1.29 is 22.2 Å². The van der Waals surface area contributed by atoms with Crippen LogP contribution in [0, 0.1) is 0 Å². The monoisotopic (exact) mass is 442 g/mol. The number of nitrogens with one attached hydrogen (secondary N) is 1. The minimum Gasteiger partial charge on any atom is -0.382 e. The van der Waals surface area contributed by atoms with Crippen molar-refractivity contribution in [1.29, 1.82) is 0 Å². The van der Waals surface area contributed by atoms with Gasteiger partial charge in [0.05, 0.1) is 0 Å². The van der Waals surface area contributed by atoms with Crippen LogP contribution in [-0.2, 0) is 25.5 Å². The Balaban J connectivity index is 1.75. The highest BCUT2D eigenvalue weighted by Gasteiger charge is 2.32. The molecule has 1 aliphatic rings. The predicted octanol–water partition coefficient (Wildman–Crippen LogP) is 2.41. The van der Waals surface area contributed by atoms with Gasteiger partial charge in [0.15, 0.2) is 5.11 Å². The average Bonchev–Trinajstić information content (AvgIpc) is 2.70. The first-order valence-corrected chi connectivity index (χ1v) is 10.8. The van der Waals surface area contributed by atoms with E-state index in [9.17, 15) is 18.0 Å². The lowest BCUT2D eigenvalue weighted by Gasteiger charge is -2.27. The lowest BCUT2D eigenvalue weighted by atomic mass is 10.1. The second kappa shape index (κ2) is 9.02. The Hall–Kier alpha value is -3.30. The van der Waals surface area contributed by atoms with Gasteiger partial charge < -0.3 is 4.18 Å². The number of carbonyl (C=O) groups excluding carboxylic acids is 2. The molecule has 0 aromatic heterocycles. The molecule has 7 nitrogen and oxygen atoms in total. The van der Waals surface area contributed by atoms with E-state index in [2.05, 4.69) is 11.9 Å². The smallest absolute Gasteiger partial charge is 0.313 e. The van der Waals surface area contributed by atoms with Crippen molar-refractivity contribution >= 4 is 45.3 Å². The molecule has 0 atom stereocenters. The lowest BCUT2D eigenvalue weighted by Crippen LogP contribution is -2.53. The third kappa shape index (κ3) is 5.19. The fraction of sp³-hybridized carbons (Fsp3) is 0.0952. The Labute approximate surface area is 179 Å². The van der Waals surface area contributed by atoms with Crippen LogP contribution in [0.4, 0.5) is 0 Å². The first-order valence-electron chi connectivity index (χ1n) is 8.85. The number of carbonyl (C=O) groups is 2. The number of hydrogen-bond donors (Lipinski definition) is 1. The number of benzene rings is 2. The first-order chi connectivity index (χ1) is 14.3. The maximum atomic E-state index is 12.5. The number of thiocarbonyl (C=S) groups is 1. The Bertz CT molecular complexity index is 1120. The topological polar surface area (TPSA) is 92.8 Å². The summed E-state index contributed by atoms with van der Waals surface area (Å²) in [5.74, 6) is -1.26. The molecule has 30 heavy (non-hydrogen) atoms. The Morgan fingerprint density at radius 2 is 1.73 bits per heavy atom. The quantitative estimate of drug-likeness (QED) is 0.233. The normalized spacial score (nSPS) is 15.8. The molecule has 1 aliphatic heterocycles. The maximum absolute atomic E-state index is 12.5. The molecular formula is C21H18N2O5S2. The van der Waals surface area contributed by atoms with E-state index in [1.165, 1.54) is 29.2 Å². The van der Waals surface area contributed by atoms with Crippen molar-refractivity contribution in [2.45, 2.75) is 5.75 Å². The summed E-state index contributed by atoms with van der Waals surface area (Å²) in [4.78, 5) is 25.9. The standard InChI is InChI=1S/C21H18N2O5S2/c1-2-12-23-20(25)18(19(24)22-21(23)29)13-15-8-10-17(11-9-15)28-30(26,27)14-16-6-4-3-5-7-16/h2-11,13H,1,12,14H2,(H,22,24,29). The van der Waals surface area contributed by atoms with Crippen molar-refractivity contribution in [3.05, 3.63) is 84.0 Å². The van der Waals surface area contributed by atoms with Crippen LogP contribution in [0.3, 0.4) is 0 Å². The second-order valence-corrected chi connectivity index (χ2v) is 8.32. The summed E-state index contributed by atoms with van der Waals surface area (Å²) in [5.41, 5.74) is 1.05. The molecule has 1 saturated heterocycles. The molecule has 1 N–H and O–H groups in total. The number of nitrogens with zero attached hydrogens (tertiary/aromatic N) is 1. The van der Waals surface area contributed by atoms with Crippen molar-refractivity contribution in [1.82, 2.24) is 10.2 Å². The highest BCUT2D eigenvalue weighted by Crippen LogP contribution is 2.20. The van der Waals surface area contributed by atoms with Crippen LogP contribution in [0.1, 0.15) is 11.1 Å². The molecule has 2 aromatic rings. The fourth-order valence-corrected chi connectivity index (χ4v) is 4.04. The molecule has 0 radical (unpaired) electrons. The van der Waals surface area contributed by atoms with Crippen LogP contribution < -0.4 is 9.50 Å². The second-order valence-electron chi connectivity index (χ2n) is 6.36. The molecule has 0 saturated carbocycles. The van der Waals surface area contributed by atoms with Crippen LogP contribution >= 0.6 is 12.2 Å². The molecule has 0 unspecified atom stereocenters. The summed E-state index contributed by atoms with van der Waals surface area (Å²) in [6.45, 7) is 3.74. The largest absolute Gasteiger partial charge is 0.382 e. The summed E-state index contributed by atoms with van der Waals surface area (Å²) in [7, 11) is -3.83. The first kappa shape index (κ1) is 21.4. The van der Waals surface area contributed by atoms with Crippen molar-refractivity contribution in [3.63, 3.8) is 0 Å². The van der Waals surface area contributed by atoms with Crippen molar-refractivity contribution in [3.8, 4) is 5.75 Å². The van der Waals surface area contributed by atoms with Crippen LogP contribution in [0.5, 0.6) is 5.75 Å². The lowest BCUT2D eigenvalue weighted by molar-refractivity contribution is -0.128. The van der Waals surface area contributed by atoms with Gasteiger partial charge in [-0.2, -0.15) is 8.42 Å². The van der Waals surface area contributed by atoms with Gasteiger partial charge in [0, 0.05) is 6.54 Å². The van der Waals surface area contributed by atoms with Gasteiger partial charge in [0.25, 0.3) is 11.8 Å². The minimum atomic E-state index is -3.83. The SMILES string of the molecule is C=CCN1C(=O)C(=Cc2ccc(OS(=O)(=O)Cc3ccccc3)cc2)C(=O)NC1=S. The fourth-order valence-electron chi connectivity index (χ4n) is 2.73. The molecule has 2 aromatic carbocycles. The van der Waals surface area contributed by atoms with Gasteiger partial charge in [-0.25, -0.2) is 0 Å². The van der Waals surface area contributed by atoms with E-state index in [1.807, 2.05) is 0 Å². The van der Waals surface area contributed by atoms with Gasteiger partial charge in [-0.05, 0) is 41.6 Å². The number of hydrogen-bond acceptors (Lipinski definition) is 6. The van der Waals surface area contributed by atoms with Gasteiger partial charge in [-0.3, -0.25) is 19.8 Å². The predicted molar refractivity (Wildman–Crippen MR) is 117 cm³/mol. The molecule has 1 fully saturated rings. The Kier molecular flexibility index (Phi) is 6.43. The van der Waals surface area contributed by atoms with Gasteiger partial charge in [-0.15, -0.1) is 6.58 Å². The third-order valence-electron chi connectivity index (χ3n) is 4.10. The molecule has 0 spiro atoms. The highest BCUT2D eigenvalue weighted by atomic mass is 32.2. The molecule has 3 rings (SSSR count). The van der Waals surface area contributed by atoms with Crippen LogP contribution in [0.2, 0.25) is 0 Å². The van der Waals surface area contributed by atoms with E-state index >= 15 is 0 Å². The number of amides is 2. The zero-order chi connectivity index (χ0) is 21.7. The molecule has 0 bridgehead atoms.